The molecule has 362 valence electrons. The molecular formula is C53H97O8P. The molecule has 0 aromatic heterocycles. The van der Waals surface area contributed by atoms with Crippen LogP contribution < -0.4 is 0 Å². The zero-order valence-electron chi connectivity index (χ0n) is 40.3. The van der Waals surface area contributed by atoms with Crippen molar-refractivity contribution >= 4 is 19.8 Å². The lowest BCUT2D eigenvalue weighted by Crippen LogP contribution is -2.29. The normalized spacial score (nSPS) is 12.8. The van der Waals surface area contributed by atoms with Crippen molar-refractivity contribution in [3.05, 3.63) is 48.6 Å². The monoisotopic (exact) mass is 893 g/mol. The fraction of sp³-hybridized carbons (Fsp3) is 0.811. The molecule has 62 heavy (non-hydrogen) atoms. The molecule has 0 fully saturated rings. The molecule has 0 saturated carbocycles. The van der Waals surface area contributed by atoms with Gasteiger partial charge < -0.3 is 19.3 Å². The van der Waals surface area contributed by atoms with Crippen LogP contribution in [0.4, 0.5) is 0 Å². The van der Waals surface area contributed by atoms with E-state index in [1.807, 2.05) is 0 Å². The van der Waals surface area contributed by atoms with Crippen molar-refractivity contribution in [2.45, 2.75) is 264 Å². The number of unbranched alkanes of at least 4 members (excludes halogenated alkanes) is 30. The molecule has 0 saturated heterocycles. The predicted octanol–water partition coefficient (Wildman–Crippen LogP) is 16.6. The summed E-state index contributed by atoms with van der Waals surface area (Å²) in [4.78, 5) is 43.1. The average Bonchev–Trinajstić information content (AvgIpc) is 3.25. The molecule has 1 unspecified atom stereocenters. The van der Waals surface area contributed by atoms with Gasteiger partial charge in [0.25, 0.3) is 0 Å². The molecule has 0 heterocycles. The van der Waals surface area contributed by atoms with Crippen molar-refractivity contribution in [3.63, 3.8) is 0 Å². The molecule has 8 nitrogen and oxygen atoms in total. The molecular weight excluding hydrogens is 796 g/mol. The molecule has 0 aliphatic heterocycles. The van der Waals surface area contributed by atoms with Crippen molar-refractivity contribution in [2.75, 3.05) is 13.2 Å². The summed E-state index contributed by atoms with van der Waals surface area (Å²) in [7, 11) is -4.76. The van der Waals surface area contributed by atoms with Crippen molar-refractivity contribution < 1.29 is 37.9 Å². The van der Waals surface area contributed by atoms with Gasteiger partial charge in [0.1, 0.15) is 6.61 Å². The molecule has 0 aromatic rings. The summed E-state index contributed by atoms with van der Waals surface area (Å²) < 4.78 is 26.6. The molecule has 0 bridgehead atoms. The summed E-state index contributed by atoms with van der Waals surface area (Å²) in [6, 6.07) is 0. The number of hydrogen-bond acceptors (Lipinski definition) is 6. The van der Waals surface area contributed by atoms with Gasteiger partial charge in [-0.05, 0) is 77.0 Å². The zero-order chi connectivity index (χ0) is 45.3. The van der Waals surface area contributed by atoms with Crippen LogP contribution in [0.5, 0.6) is 0 Å². The fourth-order valence-electron chi connectivity index (χ4n) is 7.44. The topological polar surface area (TPSA) is 119 Å². The first-order valence-corrected chi connectivity index (χ1v) is 27.5. The van der Waals surface area contributed by atoms with E-state index in [9.17, 15) is 14.2 Å². The van der Waals surface area contributed by atoms with Crippen LogP contribution in [0.15, 0.2) is 48.6 Å². The van der Waals surface area contributed by atoms with Gasteiger partial charge in [0, 0.05) is 12.8 Å². The third-order valence-electron chi connectivity index (χ3n) is 11.3. The Bertz CT molecular complexity index is 1140. The zero-order valence-corrected chi connectivity index (χ0v) is 41.2. The Morgan fingerprint density at radius 2 is 0.726 bits per heavy atom. The van der Waals surface area contributed by atoms with Crippen molar-refractivity contribution in [1.29, 1.82) is 0 Å². The molecule has 9 heteroatoms. The number of phosphoric ester groups is 1. The third-order valence-corrected chi connectivity index (χ3v) is 11.8. The van der Waals surface area contributed by atoms with E-state index >= 15 is 0 Å². The van der Waals surface area contributed by atoms with E-state index in [0.29, 0.717) is 6.42 Å². The van der Waals surface area contributed by atoms with Crippen LogP contribution in [0, 0.1) is 0 Å². The minimum Gasteiger partial charge on any atom is -0.462 e. The molecule has 2 N–H and O–H groups in total. The van der Waals surface area contributed by atoms with Crippen molar-refractivity contribution in [1.82, 2.24) is 0 Å². The largest absolute Gasteiger partial charge is 0.469 e. The molecule has 0 amide bonds. The highest BCUT2D eigenvalue weighted by Gasteiger charge is 2.23. The van der Waals surface area contributed by atoms with Crippen LogP contribution in [0.1, 0.15) is 258 Å². The Hall–Kier alpha value is -1.99. The fourth-order valence-corrected chi connectivity index (χ4v) is 7.80. The molecule has 1 atom stereocenters. The summed E-state index contributed by atoms with van der Waals surface area (Å²) in [5, 5.41) is 0. The number of carbonyl (C=O) groups excluding carboxylic acids is 2. The second-order valence-corrected chi connectivity index (χ2v) is 18.7. The first-order chi connectivity index (χ1) is 30.3. The van der Waals surface area contributed by atoms with Gasteiger partial charge in [0.15, 0.2) is 6.10 Å². The van der Waals surface area contributed by atoms with Crippen LogP contribution in [0.2, 0.25) is 0 Å². The Labute approximate surface area is 382 Å². The highest BCUT2D eigenvalue weighted by molar-refractivity contribution is 7.46. The summed E-state index contributed by atoms with van der Waals surface area (Å²) in [5.41, 5.74) is 0. The van der Waals surface area contributed by atoms with Gasteiger partial charge in [-0.15, -0.1) is 0 Å². The van der Waals surface area contributed by atoms with Crippen LogP contribution in [0.25, 0.3) is 0 Å². The number of esters is 2. The smallest absolute Gasteiger partial charge is 0.462 e. The van der Waals surface area contributed by atoms with E-state index in [2.05, 4.69) is 67.0 Å². The number of ether oxygens (including phenoxy) is 2. The second-order valence-electron chi connectivity index (χ2n) is 17.5. The molecule has 0 radical (unpaired) electrons. The van der Waals surface area contributed by atoms with E-state index in [0.717, 1.165) is 57.8 Å². The summed E-state index contributed by atoms with van der Waals surface area (Å²) in [6.45, 7) is 3.70. The Kier molecular flexibility index (Phi) is 46.9. The van der Waals surface area contributed by atoms with E-state index in [-0.39, 0.29) is 19.4 Å². The van der Waals surface area contributed by atoms with Crippen LogP contribution >= 0.6 is 7.82 Å². The van der Waals surface area contributed by atoms with Gasteiger partial charge in [-0.2, -0.15) is 0 Å². The highest BCUT2D eigenvalue weighted by atomic mass is 31.2. The second kappa shape index (κ2) is 48.5. The number of allylic oxidation sites excluding steroid dienone is 8. The highest BCUT2D eigenvalue weighted by Crippen LogP contribution is 2.36. The lowest BCUT2D eigenvalue weighted by Gasteiger charge is -2.18. The lowest BCUT2D eigenvalue weighted by atomic mass is 10.0. The minimum absolute atomic E-state index is 0.209. The van der Waals surface area contributed by atoms with Gasteiger partial charge in [0.05, 0.1) is 6.61 Å². The van der Waals surface area contributed by atoms with Gasteiger partial charge in [0.2, 0.25) is 0 Å². The SMILES string of the molecule is CCCCCCC/C=C\C/C=C\CCCCCCCCCCCCCC(=O)OC(COC(=O)CCCCCCCCCCC/C=C\C/C=C\CCCCCCC)COP(=O)(O)O. The van der Waals surface area contributed by atoms with E-state index < -0.39 is 32.5 Å². The average molecular weight is 893 g/mol. The minimum atomic E-state index is -4.76. The van der Waals surface area contributed by atoms with E-state index in [4.69, 9.17) is 19.3 Å². The van der Waals surface area contributed by atoms with Gasteiger partial charge in [-0.25, -0.2) is 4.57 Å². The summed E-state index contributed by atoms with van der Waals surface area (Å²) in [6.07, 6.45) is 61.2. The number of hydrogen-bond donors (Lipinski definition) is 2. The predicted molar refractivity (Wildman–Crippen MR) is 262 cm³/mol. The number of rotatable bonds is 48. The lowest BCUT2D eigenvalue weighted by molar-refractivity contribution is -0.161. The van der Waals surface area contributed by atoms with E-state index in [1.54, 1.807) is 0 Å². The van der Waals surface area contributed by atoms with Crippen molar-refractivity contribution in [3.8, 4) is 0 Å². The third kappa shape index (κ3) is 50.7. The van der Waals surface area contributed by atoms with Crippen molar-refractivity contribution in [2.24, 2.45) is 0 Å². The summed E-state index contributed by atoms with van der Waals surface area (Å²) in [5.74, 6) is -0.884. The Balaban J connectivity index is 3.82. The van der Waals surface area contributed by atoms with Crippen LogP contribution in [-0.4, -0.2) is 41.0 Å². The Morgan fingerprint density at radius 1 is 0.419 bits per heavy atom. The maximum Gasteiger partial charge on any atom is 0.469 e. The maximum atomic E-state index is 12.5. The van der Waals surface area contributed by atoms with Crippen LogP contribution in [-0.2, 0) is 28.2 Å². The molecule has 0 spiro atoms. The molecule has 0 aromatic carbocycles. The quantitative estimate of drug-likeness (QED) is 0.0268. The van der Waals surface area contributed by atoms with E-state index in [1.165, 1.54) is 167 Å². The molecule has 0 aliphatic carbocycles. The van der Waals surface area contributed by atoms with Gasteiger partial charge >= 0.3 is 19.8 Å². The molecule has 0 aliphatic rings. The first kappa shape index (κ1) is 60.0. The Morgan fingerprint density at radius 3 is 1.06 bits per heavy atom. The molecule has 0 rings (SSSR count). The maximum absolute atomic E-state index is 12.5. The first-order valence-electron chi connectivity index (χ1n) is 25.9. The van der Waals surface area contributed by atoms with Gasteiger partial charge in [-0.1, -0.05) is 217 Å². The number of carbonyl (C=O) groups is 2. The number of phosphoric acid groups is 1. The standard InChI is InChI=1S/C53H97O8P/c1-3-5-7-9-11-13-15-17-19-21-23-25-26-28-30-32-34-36-38-40-42-44-46-48-53(55)61-51(50-60-62(56,57)58)49-59-52(54)47-45-43-41-39-37-35-33-31-29-27-24-22-20-18-16-14-12-10-8-6-4-2/h15-18,21-24,51H,3-14,19-20,25-50H2,1-2H3,(H2,56,57,58)/b17-15-,18-16-,23-21-,24-22-. The van der Waals surface area contributed by atoms with Gasteiger partial charge in [-0.3, -0.25) is 14.1 Å². The summed E-state index contributed by atoms with van der Waals surface area (Å²) >= 11 is 0. The van der Waals surface area contributed by atoms with Crippen LogP contribution in [0.3, 0.4) is 0 Å².